The molecular weight excluding hydrogens is 160 g/mol. The van der Waals surface area contributed by atoms with Crippen molar-refractivity contribution in [3.63, 3.8) is 0 Å². The van der Waals surface area contributed by atoms with Gasteiger partial charge in [-0.25, -0.2) is 0 Å². The van der Waals surface area contributed by atoms with Crippen LogP contribution in [0.3, 0.4) is 0 Å². The summed E-state index contributed by atoms with van der Waals surface area (Å²) in [6.45, 7) is 3.97. The van der Waals surface area contributed by atoms with Crippen molar-refractivity contribution < 1.29 is 0 Å². The molecule has 2 heterocycles. The molecule has 2 saturated heterocycles. The molecular formula is C11H22N2. The second-order valence-electron chi connectivity index (χ2n) is 4.85. The summed E-state index contributed by atoms with van der Waals surface area (Å²) >= 11 is 0. The number of hydrogen-bond donors (Lipinski definition) is 0. The molecule has 2 heteroatoms. The highest BCUT2D eigenvalue weighted by molar-refractivity contribution is 4.86. The van der Waals surface area contributed by atoms with Gasteiger partial charge in [-0.2, -0.15) is 0 Å². The Labute approximate surface area is 81.9 Å². The van der Waals surface area contributed by atoms with Crippen LogP contribution in [0, 0.1) is 5.92 Å². The van der Waals surface area contributed by atoms with Crippen molar-refractivity contribution in [1.29, 1.82) is 0 Å². The minimum atomic E-state index is 0.888. The van der Waals surface area contributed by atoms with E-state index in [9.17, 15) is 0 Å². The van der Waals surface area contributed by atoms with Gasteiger partial charge in [0.2, 0.25) is 0 Å². The van der Waals surface area contributed by atoms with Crippen molar-refractivity contribution in [3.8, 4) is 0 Å². The Kier molecular flexibility index (Phi) is 2.89. The first-order valence-electron chi connectivity index (χ1n) is 5.66. The quantitative estimate of drug-likeness (QED) is 0.605. The molecule has 0 aliphatic carbocycles. The van der Waals surface area contributed by atoms with Gasteiger partial charge in [0, 0.05) is 12.6 Å². The summed E-state index contributed by atoms with van der Waals surface area (Å²) in [5, 5.41) is 0. The molecule has 0 radical (unpaired) electrons. The van der Waals surface area contributed by atoms with Crippen LogP contribution in [0.1, 0.15) is 25.7 Å². The van der Waals surface area contributed by atoms with Gasteiger partial charge in [0.25, 0.3) is 0 Å². The molecule has 2 fully saturated rings. The molecule has 76 valence electrons. The highest BCUT2D eigenvalue weighted by Crippen LogP contribution is 2.27. The molecule has 2 aliphatic heterocycles. The SMILES string of the molecule is CN1CCC(C2CCCCN2C)C1. The van der Waals surface area contributed by atoms with Crippen LogP contribution in [-0.2, 0) is 0 Å². The number of hydrogen-bond acceptors (Lipinski definition) is 2. The summed E-state index contributed by atoms with van der Waals surface area (Å²) in [7, 11) is 4.56. The first-order chi connectivity index (χ1) is 6.27. The Bertz CT molecular complexity index is 169. The second kappa shape index (κ2) is 3.97. The molecule has 2 unspecified atom stereocenters. The van der Waals surface area contributed by atoms with Gasteiger partial charge in [0.1, 0.15) is 0 Å². The Morgan fingerprint density at radius 2 is 1.85 bits per heavy atom. The molecule has 0 amide bonds. The fraction of sp³-hybridized carbons (Fsp3) is 1.00. The maximum atomic E-state index is 2.59. The normalized spacial score (nSPS) is 38.3. The third-order valence-electron chi connectivity index (χ3n) is 3.80. The van der Waals surface area contributed by atoms with E-state index in [4.69, 9.17) is 0 Å². The third kappa shape index (κ3) is 2.05. The van der Waals surface area contributed by atoms with E-state index in [2.05, 4.69) is 23.9 Å². The lowest BCUT2D eigenvalue weighted by atomic mass is 9.90. The Balaban J connectivity index is 1.91. The topological polar surface area (TPSA) is 6.48 Å². The standard InChI is InChI=1S/C11H22N2/c1-12-8-6-10(9-12)11-5-3-4-7-13(11)2/h10-11H,3-9H2,1-2H3. The number of piperidine rings is 1. The zero-order valence-corrected chi connectivity index (χ0v) is 9.00. The van der Waals surface area contributed by atoms with Gasteiger partial charge in [-0.3, -0.25) is 0 Å². The highest BCUT2D eigenvalue weighted by atomic mass is 15.2. The van der Waals surface area contributed by atoms with Crippen LogP contribution in [0.5, 0.6) is 0 Å². The first kappa shape index (κ1) is 9.47. The average Bonchev–Trinajstić information content (AvgIpc) is 2.53. The van der Waals surface area contributed by atoms with E-state index in [-0.39, 0.29) is 0 Å². The van der Waals surface area contributed by atoms with Crippen LogP contribution in [-0.4, -0.2) is 49.6 Å². The van der Waals surface area contributed by atoms with E-state index in [0.29, 0.717) is 0 Å². The lowest BCUT2D eigenvalue weighted by Crippen LogP contribution is -2.42. The smallest absolute Gasteiger partial charge is 0.0133 e. The molecule has 13 heavy (non-hydrogen) atoms. The lowest BCUT2D eigenvalue weighted by Gasteiger charge is -2.36. The Morgan fingerprint density at radius 1 is 1.00 bits per heavy atom. The number of likely N-dealkylation sites (tertiary alicyclic amines) is 2. The fourth-order valence-corrected chi connectivity index (χ4v) is 2.98. The van der Waals surface area contributed by atoms with Crippen molar-refractivity contribution >= 4 is 0 Å². The van der Waals surface area contributed by atoms with Gasteiger partial charge in [-0.05, 0) is 52.4 Å². The van der Waals surface area contributed by atoms with Crippen LogP contribution in [0.25, 0.3) is 0 Å². The van der Waals surface area contributed by atoms with Crippen molar-refractivity contribution in [2.75, 3.05) is 33.7 Å². The van der Waals surface area contributed by atoms with Crippen molar-refractivity contribution in [3.05, 3.63) is 0 Å². The van der Waals surface area contributed by atoms with Gasteiger partial charge in [0.05, 0.1) is 0 Å². The van der Waals surface area contributed by atoms with E-state index in [1.165, 1.54) is 45.3 Å². The maximum Gasteiger partial charge on any atom is 0.0133 e. The molecule has 2 atom stereocenters. The average molecular weight is 182 g/mol. The third-order valence-corrected chi connectivity index (χ3v) is 3.80. The lowest BCUT2D eigenvalue weighted by molar-refractivity contribution is 0.131. The van der Waals surface area contributed by atoms with Crippen molar-refractivity contribution in [2.24, 2.45) is 5.92 Å². The summed E-state index contributed by atoms with van der Waals surface area (Å²) in [6.07, 6.45) is 5.73. The van der Waals surface area contributed by atoms with Crippen LogP contribution in [0.4, 0.5) is 0 Å². The summed E-state index contributed by atoms with van der Waals surface area (Å²) in [4.78, 5) is 5.07. The van der Waals surface area contributed by atoms with Crippen molar-refractivity contribution in [2.45, 2.75) is 31.7 Å². The summed E-state index contributed by atoms with van der Waals surface area (Å²) in [5.74, 6) is 0.954. The van der Waals surface area contributed by atoms with E-state index >= 15 is 0 Å². The van der Waals surface area contributed by atoms with Gasteiger partial charge in [0.15, 0.2) is 0 Å². The van der Waals surface area contributed by atoms with Crippen LogP contribution in [0.15, 0.2) is 0 Å². The summed E-state index contributed by atoms with van der Waals surface area (Å²) in [6, 6.07) is 0.888. The largest absolute Gasteiger partial charge is 0.306 e. The monoisotopic (exact) mass is 182 g/mol. The molecule has 0 bridgehead atoms. The first-order valence-corrected chi connectivity index (χ1v) is 5.66. The predicted molar refractivity (Wildman–Crippen MR) is 55.9 cm³/mol. The number of rotatable bonds is 1. The molecule has 0 N–H and O–H groups in total. The van der Waals surface area contributed by atoms with Crippen molar-refractivity contribution in [1.82, 2.24) is 9.80 Å². The van der Waals surface area contributed by atoms with E-state index in [1.807, 2.05) is 0 Å². The predicted octanol–water partition coefficient (Wildman–Crippen LogP) is 1.42. The molecule has 0 spiro atoms. The minimum absolute atomic E-state index is 0.888. The maximum absolute atomic E-state index is 2.59. The summed E-state index contributed by atoms with van der Waals surface area (Å²) in [5.41, 5.74) is 0. The van der Waals surface area contributed by atoms with Crippen LogP contribution in [0.2, 0.25) is 0 Å². The van der Waals surface area contributed by atoms with Gasteiger partial charge < -0.3 is 9.80 Å². The van der Waals surface area contributed by atoms with E-state index in [1.54, 1.807) is 0 Å². The van der Waals surface area contributed by atoms with Gasteiger partial charge in [-0.15, -0.1) is 0 Å². The molecule has 0 aromatic carbocycles. The molecule has 0 saturated carbocycles. The minimum Gasteiger partial charge on any atom is -0.306 e. The molecule has 0 aromatic rings. The fourth-order valence-electron chi connectivity index (χ4n) is 2.98. The zero-order chi connectivity index (χ0) is 9.26. The van der Waals surface area contributed by atoms with Gasteiger partial charge in [-0.1, -0.05) is 6.42 Å². The van der Waals surface area contributed by atoms with E-state index in [0.717, 1.165) is 12.0 Å². The van der Waals surface area contributed by atoms with Gasteiger partial charge >= 0.3 is 0 Å². The van der Waals surface area contributed by atoms with Crippen LogP contribution < -0.4 is 0 Å². The van der Waals surface area contributed by atoms with Crippen LogP contribution >= 0.6 is 0 Å². The Morgan fingerprint density at radius 3 is 2.46 bits per heavy atom. The number of nitrogens with zero attached hydrogens (tertiary/aromatic N) is 2. The molecule has 2 rings (SSSR count). The summed E-state index contributed by atoms with van der Waals surface area (Å²) < 4.78 is 0. The molecule has 0 aromatic heterocycles. The zero-order valence-electron chi connectivity index (χ0n) is 9.00. The Hall–Kier alpha value is -0.0800. The molecule has 2 nitrogen and oxygen atoms in total. The highest BCUT2D eigenvalue weighted by Gasteiger charge is 2.31. The molecule has 2 aliphatic rings. The van der Waals surface area contributed by atoms with E-state index < -0.39 is 0 Å². The second-order valence-corrected chi connectivity index (χ2v) is 4.85.